The lowest BCUT2D eigenvalue weighted by atomic mass is 9.84. The van der Waals surface area contributed by atoms with E-state index in [0.29, 0.717) is 34.1 Å². The predicted molar refractivity (Wildman–Crippen MR) is 136 cm³/mol. The first kappa shape index (κ1) is 23.9. The van der Waals surface area contributed by atoms with Crippen LogP contribution in [0.15, 0.2) is 18.2 Å². The molecule has 178 valence electrons. The summed E-state index contributed by atoms with van der Waals surface area (Å²) >= 11 is 12.2. The molecule has 1 heterocycles. The van der Waals surface area contributed by atoms with Crippen LogP contribution < -0.4 is 20.9 Å². The van der Waals surface area contributed by atoms with Crippen LogP contribution in [-0.2, 0) is 12.8 Å². The molecule has 0 saturated heterocycles. The number of carbonyl (C=O) groups excluding carboxylic acids is 1. The molecule has 1 aromatic heterocycles. The Bertz CT molecular complexity index is 999. The highest BCUT2D eigenvalue weighted by atomic mass is 35.5. The smallest absolute Gasteiger partial charge is 0.319 e. The van der Waals surface area contributed by atoms with E-state index in [9.17, 15) is 4.79 Å². The predicted octanol–water partition coefficient (Wildman–Crippen LogP) is 5.52. The number of hydrogen-bond acceptors (Lipinski definition) is 5. The molecular formula is C24H32Cl2N6O. The summed E-state index contributed by atoms with van der Waals surface area (Å²) in [6.07, 6.45) is 8.82. The topological polar surface area (TPSA) is 82.2 Å². The fraction of sp³-hybridized carbons (Fsp3) is 0.542. The van der Waals surface area contributed by atoms with Crippen molar-refractivity contribution in [3.8, 4) is 0 Å². The van der Waals surface area contributed by atoms with Crippen LogP contribution in [0.2, 0.25) is 10.0 Å². The molecule has 0 aliphatic heterocycles. The number of anilines is 3. The average molecular weight is 491 g/mol. The van der Waals surface area contributed by atoms with E-state index in [1.807, 2.05) is 14.1 Å². The zero-order valence-electron chi connectivity index (χ0n) is 19.3. The van der Waals surface area contributed by atoms with Gasteiger partial charge in [0.15, 0.2) is 0 Å². The molecule has 2 aliphatic carbocycles. The van der Waals surface area contributed by atoms with Gasteiger partial charge in [0.25, 0.3) is 0 Å². The summed E-state index contributed by atoms with van der Waals surface area (Å²) in [5.41, 5.74) is 2.96. The van der Waals surface area contributed by atoms with Gasteiger partial charge in [-0.25, -0.2) is 9.78 Å². The van der Waals surface area contributed by atoms with Crippen molar-refractivity contribution in [1.29, 1.82) is 0 Å². The fourth-order valence-electron chi connectivity index (χ4n) is 4.81. The van der Waals surface area contributed by atoms with Gasteiger partial charge in [-0.15, -0.1) is 0 Å². The minimum Gasteiger partial charge on any atom is -0.362 e. The molecule has 0 spiro atoms. The lowest BCUT2D eigenvalue weighted by molar-refractivity contribution is 0.245. The van der Waals surface area contributed by atoms with Crippen LogP contribution in [0.25, 0.3) is 0 Å². The van der Waals surface area contributed by atoms with Crippen LogP contribution in [0, 0.1) is 5.92 Å². The number of aryl methyl sites for hydroxylation is 1. The largest absolute Gasteiger partial charge is 0.362 e. The number of nitrogens with one attached hydrogen (secondary N) is 3. The first-order valence-electron chi connectivity index (χ1n) is 11.7. The summed E-state index contributed by atoms with van der Waals surface area (Å²) in [6.45, 7) is 0.563. The first-order chi connectivity index (χ1) is 15.9. The second kappa shape index (κ2) is 10.8. The van der Waals surface area contributed by atoms with E-state index in [2.05, 4.69) is 20.9 Å². The van der Waals surface area contributed by atoms with Gasteiger partial charge in [0, 0.05) is 32.2 Å². The minimum atomic E-state index is -0.289. The minimum absolute atomic E-state index is 0.213. The third-order valence-electron chi connectivity index (χ3n) is 6.53. The number of benzene rings is 1. The Labute approximate surface area is 205 Å². The number of nitrogens with zero attached hydrogens (tertiary/aromatic N) is 3. The molecule has 1 fully saturated rings. The molecule has 2 aliphatic rings. The average Bonchev–Trinajstić information content (AvgIpc) is 2.81. The zero-order chi connectivity index (χ0) is 23.4. The molecule has 3 N–H and O–H groups in total. The Kier molecular flexibility index (Phi) is 7.81. The van der Waals surface area contributed by atoms with Crippen molar-refractivity contribution >= 4 is 46.7 Å². The fourth-order valence-corrected chi connectivity index (χ4v) is 5.15. The molecule has 2 atom stereocenters. The second-order valence-corrected chi connectivity index (χ2v) is 9.91. The van der Waals surface area contributed by atoms with Crippen molar-refractivity contribution in [2.45, 2.75) is 57.4 Å². The lowest BCUT2D eigenvalue weighted by Crippen LogP contribution is -2.42. The molecule has 2 aromatic rings. The van der Waals surface area contributed by atoms with Crippen molar-refractivity contribution in [2.24, 2.45) is 5.92 Å². The number of aromatic nitrogens is 2. The Morgan fingerprint density at radius 3 is 2.70 bits per heavy atom. The number of carbonyl (C=O) groups is 1. The summed E-state index contributed by atoms with van der Waals surface area (Å²) in [7, 11) is 4.08. The Hall–Kier alpha value is -2.25. The highest BCUT2D eigenvalue weighted by Gasteiger charge is 2.27. The quantitative estimate of drug-likeness (QED) is 0.496. The van der Waals surface area contributed by atoms with Crippen molar-refractivity contribution in [3.05, 3.63) is 39.5 Å². The number of fused-ring (bicyclic) bond motifs is 1. The summed E-state index contributed by atoms with van der Waals surface area (Å²) in [6, 6.07) is 5.10. The highest BCUT2D eigenvalue weighted by molar-refractivity contribution is 6.43. The SMILES string of the molecule is CN(C)c1nc(NC2CCCCC2CNC(=O)Nc2cccc(Cl)c2Cl)nc2c1CCCC2. The Morgan fingerprint density at radius 2 is 1.88 bits per heavy atom. The van der Waals surface area contributed by atoms with Gasteiger partial charge < -0.3 is 20.9 Å². The van der Waals surface area contributed by atoms with E-state index in [1.165, 1.54) is 24.1 Å². The molecule has 1 saturated carbocycles. The molecular weight excluding hydrogens is 459 g/mol. The molecule has 0 bridgehead atoms. The van der Waals surface area contributed by atoms with Gasteiger partial charge in [-0.05, 0) is 56.6 Å². The maximum Gasteiger partial charge on any atom is 0.319 e. The first-order valence-corrected chi connectivity index (χ1v) is 12.5. The molecule has 2 amide bonds. The standard InChI is InChI=1S/C24H32Cl2N6O/c1-32(2)22-16-9-4-6-12-19(16)29-23(31-22)28-18-11-5-3-8-15(18)14-27-24(33)30-20-13-7-10-17(25)21(20)26/h7,10,13,15,18H,3-6,8-9,11-12,14H2,1-2H3,(H2,27,30,33)(H,28,29,31). The molecule has 1 aromatic carbocycles. The number of halogens is 2. The molecule has 7 nitrogen and oxygen atoms in total. The van der Waals surface area contributed by atoms with Crippen molar-refractivity contribution in [2.75, 3.05) is 36.2 Å². The number of amides is 2. The third-order valence-corrected chi connectivity index (χ3v) is 7.35. The maximum atomic E-state index is 12.5. The van der Waals surface area contributed by atoms with Gasteiger partial charge in [-0.2, -0.15) is 4.98 Å². The van der Waals surface area contributed by atoms with E-state index in [0.717, 1.165) is 44.3 Å². The van der Waals surface area contributed by atoms with Gasteiger partial charge in [0.1, 0.15) is 5.82 Å². The van der Waals surface area contributed by atoms with Crippen LogP contribution >= 0.6 is 23.2 Å². The maximum absolute atomic E-state index is 12.5. The van der Waals surface area contributed by atoms with Gasteiger partial charge in [-0.1, -0.05) is 42.1 Å². The Balaban J connectivity index is 1.41. The number of rotatable bonds is 6. The number of urea groups is 1. The van der Waals surface area contributed by atoms with Gasteiger partial charge in [0.05, 0.1) is 21.4 Å². The summed E-state index contributed by atoms with van der Waals surface area (Å²) in [5.74, 6) is 2.01. The Morgan fingerprint density at radius 1 is 1.09 bits per heavy atom. The van der Waals surface area contributed by atoms with E-state index >= 15 is 0 Å². The third kappa shape index (κ3) is 5.82. The van der Waals surface area contributed by atoms with E-state index in [-0.39, 0.29) is 12.1 Å². The highest BCUT2D eigenvalue weighted by Crippen LogP contribution is 2.31. The summed E-state index contributed by atoms with van der Waals surface area (Å²) in [5, 5.41) is 10.2. The van der Waals surface area contributed by atoms with Crippen LogP contribution in [-0.4, -0.2) is 42.7 Å². The van der Waals surface area contributed by atoms with Crippen molar-refractivity contribution < 1.29 is 4.79 Å². The monoisotopic (exact) mass is 490 g/mol. The molecule has 33 heavy (non-hydrogen) atoms. The lowest BCUT2D eigenvalue weighted by Gasteiger charge is -2.33. The summed E-state index contributed by atoms with van der Waals surface area (Å²) < 4.78 is 0. The zero-order valence-corrected chi connectivity index (χ0v) is 20.8. The van der Waals surface area contributed by atoms with E-state index in [1.54, 1.807) is 18.2 Å². The van der Waals surface area contributed by atoms with E-state index in [4.69, 9.17) is 33.2 Å². The van der Waals surface area contributed by atoms with Crippen LogP contribution in [0.5, 0.6) is 0 Å². The van der Waals surface area contributed by atoms with Crippen molar-refractivity contribution in [1.82, 2.24) is 15.3 Å². The molecule has 4 rings (SSSR count). The van der Waals surface area contributed by atoms with E-state index < -0.39 is 0 Å². The van der Waals surface area contributed by atoms with Crippen molar-refractivity contribution in [3.63, 3.8) is 0 Å². The van der Waals surface area contributed by atoms with Crippen LogP contribution in [0.4, 0.5) is 22.2 Å². The molecule has 0 radical (unpaired) electrons. The normalized spacial score (nSPS) is 20.0. The summed E-state index contributed by atoms with van der Waals surface area (Å²) in [4.78, 5) is 24.3. The molecule has 9 heteroatoms. The van der Waals surface area contributed by atoms with Crippen LogP contribution in [0.1, 0.15) is 49.8 Å². The molecule has 2 unspecified atom stereocenters. The van der Waals surface area contributed by atoms with Gasteiger partial charge >= 0.3 is 6.03 Å². The number of hydrogen-bond donors (Lipinski definition) is 3. The van der Waals surface area contributed by atoms with Crippen LogP contribution in [0.3, 0.4) is 0 Å². The second-order valence-electron chi connectivity index (χ2n) is 9.13. The van der Waals surface area contributed by atoms with Gasteiger partial charge in [-0.3, -0.25) is 0 Å². The van der Waals surface area contributed by atoms with Gasteiger partial charge in [0.2, 0.25) is 5.95 Å².